The second-order valence-corrected chi connectivity index (χ2v) is 5.73. The van der Waals surface area contributed by atoms with E-state index in [9.17, 15) is 0 Å². The molecule has 1 aliphatic heterocycles. The molecule has 1 unspecified atom stereocenters. The number of piperazine rings is 1. The standard InChI is InChI=1S/C13H15Cl2N5/c1-8-7-20(5-4-16-8)13-17-12(18-19-13)9-2-3-10(14)11(15)6-9/h2-3,6,8,16H,4-5,7H2,1H3,(H,17,18,19). The Morgan fingerprint density at radius 1 is 1.30 bits per heavy atom. The first kappa shape index (κ1) is 13.7. The SMILES string of the molecule is CC1CN(c2n[nH]c(-c3ccc(Cl)c(Cl)c3)n2)CCN1. The zero-order valence-corrected chi connectivity index (χ0v) is 12.5. The molecule has 106 valence electrons. The highest BCUT2D eigenvalue weighted by Gasteiger charge is 2.19. The van der Waals surface area contributed by atoms with Crippen LogP contribution in [-0.2, 0) is 0 Å². The van der Waals surface area contributed by atoms with Crippen LogP contribution in [0.25, 0.3) is 11.4 Å². The van der Waals surface area contributed by atoms with Crippen LogP contribution in [0.2, 0.25) is 10.0 Å². The van der Waals surface area contributed by atoms with Crippen molar-refractivity contribution in [2.24, 2.45) is 0 Å². The number of rotatable bonds is 2. The number of hydrogen-bond acceptors (Lipinski definition) is 4. The van der Waals surface area contributed by atoms with Gasteiger partial charge >= 0.3 is 0 Å². The van der Waals surface area contributed by atoms with Gasteiger partial charge in [-0.3, -0.25) is 5.10 Å². The van der Waals surface area contributed by atoms with Crippen molar-refractivity contribution in [1.29, 1.82) is 0 Å². The van der Waals surface area contributed by atoms with Crippen LogP contribution in [0, 0.1) is 0 Å². The van der Waals surface area contributed by atoms with E-state index in [4.69, 9.17) is 23.2 Å². The van der Waals surface area contributed by atoms with Crippen LogP contribution in [0.1, 0.15) is 6.92 Å². The van der Waals surface area contributed by atoms with Crippen LogP contribution in [0.5, 0.6) is 0 Å². The summed E-state index contributed by atoms with van der Waals surface area (Å²) in [7, 11) is 0. The third-order valence-corrected chi connectivity index (χ3v) is 4.06. The van der Waals surface area contributed by atoms with E-state index in [0.29, 0.717) is 21.9 Å². The third kappa shape index (κ3) is 2.75. The predicted octanol–water partition coefficient (Wildman–Crippen LogP) is 2.58. The molecule has 20 heavy (non-hydrogen) atoms. The molecule has 0 spiro atoms. The lowest BCUT2D eigenvalue weighted by atomic mass is 10.2. The lowest BCUT2D eigenvalue weighted by Crippen LogP contribution is -2.49. The minimum absolute atomic E-state index is 0.440. The summed E-state index contributed by atoms with van der Waals surface area (Å²) in [5.41, 5.74) is 0.876. The molecule has 3 rings (SSSR count). The molecule has 0 saturated carbocycles. The number of halogens is 2. The van der Waals surface area contributed by atoms with Gasteiger partial charge in [-0.2, -0.15) is 4.98 Å². The number of aromatic nitrogens is 3. The Morgan fingerprint density at radius 2 is 2.15 bits per heavy atom. The fourth-order valence-electron chi connectivity index (χ4n) is 2.28. The van der Waals surface area contributed by atoms with Gasteiger partial charge in [0.1, 0.15) is 0 Å². The van der Waals surface area contributed by atoms with E-state index in [1.807, 2.05) is 6.07 Å². The summed E-state index contributed by atoms with van der Waals surface area (Å²) in [5, 5.41) is 11.7. The Bertz CT molecular complexity index is 613. The van der Waals surface area contributed by atoms with Crippen molar-refractivity contribution >= 4 is 29.2 Å². The molecule has 2 N–H and O–H groups in total. The molecule has 1 aromatic carbocycles. The largest absolute Gasteiger partial charge is 0.337 e. The summed E-state index contributed by atoms with van der Waals surface area (Å²) in [6.45, 7) is 4.90. The smallest absolute Gasteiger partial charge is 0.245 e. The van der Waals surface area contributed by atoms with Crippen molar-refractivity contribution in [3.8, 4) is 11.4 Å². The van der Waals surface area contributed by atoms with Crippen LogP contribution in [-0.4, -0.2) is 40.9 Å². The van der Waals surface area contributed by atoms with E-state index < -0.39 is 0 Å². The number of benzene rings is 1. The molecule has 2 aromatic rings. The van der Waals surface area contributed by atoms with Gasteiger partial charge in [0.2, 0.25) is 5.95 Å². The van der Waals surface area contributed by atoms with Gasteiger partial charge in [-0.15, -0.1) is 5.10 Å². The van der Waals surface area contributed by atoms with Crippen molar-refractivity contribution in [1.82, 2.24) is 20.5 Å². The average Bonchev–Trinajstić information content (AvgIpc) is 2.92. The Kier molecular flexibility index (Phi) is 3.83. The normalized spacial score (nSPS) is 19.4. The highest BCUT2D eigenvalue weighted by atomic mass is 35.5. The summed E-state index contributed by atoms with van der Waals surface area (Å²) >= 11 is 11.9. The summed E-state index contributed by atoms with van der Waals surface area (Å²) in [6, 6.07) is 5.86. The van der Waals surface area contributed by atoms with Crippen LogP contribution in [0.3, 0.4) is 0 Å². The summed E-state index contributed by atoms with van der Waals surface area (Å²) < 4.78 is 0. The quantitative estimate of drug-likeness (QED) is 0.895. The minimum atomic E-state index is 0.440. The number of aromatic amines is 1. The molecule has 0 bridgehead atoms. The minimum Gasteiger partial charge on any atom is -0.337 e. The molecular weight excluding hydrogens is 297 g/mol. The van der Waals surface area contributed by atoms with Crippen LogP contribution >= 0.6 is 23.2 Å². The second-order valence-electron chi connectivity index (χ2n) is 4.91. The first-order valence-corrected chi connectivity index (χ1v) is 7.25. The van der Waals surface area contributed by atoms with Gasteiger partial charge in [0, 0.05) is 31.2 Å². The number of nitrogens with one attached hydrogen (secondary N) is 2. The van der Waals surface area contributed by atoms with Crippen molar-refractivity contribution in [3.63, 3.8) is 0 Å². The van der Waals surface area contributed by atoms with E-state index in [2.05, 4.69) is 32.3 Å². The van der Waals surface area contributed by atoms with Gasteiger partial charge < -0.3 is 10.2 Å². The zero-order chi connectivity index (χ0) is 14.1. The number of H-pyrrole nitrogens is 1. The van der Waals surface area contributed by atoms with Crippen LogP contribution in [0.4, 0.5) is 5.95 Å². The Hall–Kier alpha value is -1.30. The molecule has 1 aromatic heterocycles. The number of hydrogen-bond donors (Lipinski definition) is 2. The molecule has 0 aliphatic carbocycles. The first-order valence-electron chi connectivity index (χ1n) is 6.49. The molecule has 1 fully saturated rings. The molecule has 1 aliphatic rings. The van der Waals surface area contributed by atoms with E-state index in [-0.39, 0.29) is 0 Å². The fourth-order valence-corrected chi connectivity index (χ4v) is 2.58. The van der Waals surface area contributed by atoms with Gasteiger partial charge in [-0.1, -0.05) is 23.2 Å². The molecule has 1 atom stereocenters. The Morgan fingerprint density at radius 3 is 2.90 bits per heavy atom. The molecule has 2 heterocycles. The lowest BCUT2D eigenvalue weighted by molar-refractivity contribution is 0.480. The van der Waals surface area contributed by atoms with Gasteiger partial charge in [0.25, 0.3) is 0 Å². The maximum atomic E-state index is 6.03. The van der Waals surface area contributed by atoms with Crippen molar-refractivity contribution in [2.45, 2.75) is 13.0 Å². The zero-order valence-electron chi connectivity index (χ0n) is 11.0. The summed E-state index contributed by atoms with van der Waals surface area (Å²) in [4.78, 5) is 6.70. The molecule has 5 nitrogen and oxygen atoms in total. The maximum Gasteiger partial charge on any atom is 0.245 e. The monoisotopic (exact) mass is 311 g/mol. The average molecular weight is 312 g/mol. The van der Waals surface area contributed by atoms with Gasteiger partial charge in [-0.05, 0) is 25.1 Å². The van der Waals surface area contributed by atoms with Crippen LogP contribution in [0.15, 0.2) is 18.2 Å². The molecule has 1 saturated heterocycles. The van der Waals surface area contributed by atoms with Crippen molar-refractivity contribution in [2.75, 3.05) is 24.5 Å². The molecule has 0 radical (unpaired) electrons. The lowest BCUT2D eigenvalue weighted by Gasteiger charge is -2.30. The van der Waals surface area contributed by atoms with Gasteiger partial charge in [0.15, 0.2) is 5.82 Å². The van der Waals surface area contributed by atoms with E-state index in [0.717, 1.165) is 31.1 Å². The van der Waals surface area contributed by atoms with Gasteiger partial charge in [0.05, 0.1) is 10.0 Å². The summed E-state index contributed by atoms with van der Waals surface area (Å²) in [5.74, 6) is 1.42. The van der Waals surface area contributed by atoms with E-state index >= 15 is 0 Å². The number of nitrogens with zero attached hydrogens (tertiary/aromatic N) is 3. The van der Waals surface area contributed by atoms with E-state index in [1.54, 1.807) is 12.1 Å². The second kappa shape index (κ2) is 5.60. The predicted molar refractivity (Wildman–Crippen MR) is 81.5 cm³/mol. The van der Waals surface area contributed by atoms with Crippen molar-refractivity contribution in [3.05, 3.63) is 28.2 Å². The van der Waals surface area contributed by atoms with Gasteiger partial charge in [-0.25, -0.2) is 0 Å². The number of anilines is 1. The Labute approximate surface area is 127 Å². The summed E-state index contributed by atoms with van der Waals surface area (Å²) in [6.07, 6.45) is 0. The molecule has 7 heteroatoms. The Balaban J connectivity index is 1.84. The highest BCUT2D eigenvalue weighted by molar-refractivity contribution is 6.42. The topological polar surface area (TPSA) is 56.8 Å². The highest BCUT2D eigenvalue weighted by Crippen LogP contribution is 2.27. The maximum absolute atomic E-state index is 6.03. The van der Waals surface area contributed by atoms with Crippen LogP contribution < -0.4 is 10.2 Å². The fraction of sp³-hybridized carbons (Fsp3) is 0.385. The molecular formula is C13H15Cl2N5. The molecule has 0 amide bonds. The third-order valence-electron chi connectivity index (χ3n) is 3.32. The van der Waals surface area contributed by atoms with E-state index in [1.165, 1.54) is 0 Å². The first-order chi connectivity index (χ1) is 9.63. The van der Waals surface area contributed by atoms with Crippen molar-refractivity contribution < 1.29 is 0 Å².